The van der Waals surface area contributed by atoms with Crippen molar-refractivity contribution < 1.29 is 32.1 Å². The van der Waals surface area contributed by atoms with E-state index < -0.39 is 10.1 Å². The predicted molar refractivity (Wildman–Crippen MR) is 217 cm³/mol. The zero-order valence-corrected chi connectivity index (χ0v) is 32.0. The van der Waals surface area contributed by atoms with E-state index in [1.807, 2.05) is 48.5 Å². The maximum Gasteiger partial charge on any atom is 0.261 e. The van der Waals surface area contributed by atoms with Crippen LogP contribution in [-0.4, -0.2) is 78.8 Å². The first-order valence-corrected chi connectivity index (χ1v) is 20.6. The monoisotopic (exact) mass is 757 g/mol. The normalized spacial score (nSPS) is 14.0. The Morgan fingerprint density at radius 1 is 0.545 bits per heavy atom. The number of amides is 4. The minimum absolute atomic E-state index is 0.236. The fraction of sp³-hybridized carbons (Fsp3) is 0.273. The lowest BCUT2D eigenvalue weighted by molar-refractivity contribution is 0.0591. The van der Waals surface area contributed by atoms with Gasteiger partial charge in [0.15, 0.2) is 0 Å². The molecule has 2 N–H and O–H groups in total. The van der Waals surface area contributed by atoms with Crippen LogP contribution in [0, 0.1) is 0 Å². The summed E-state index contributed by atoms with van der Waals surface area (Å²) in [6.07, 6.45) is 4.61. The van der Waals surface area contributed by atoms with Crippen LogP contribution < -0.4 is 5.32 Å². The van der Waals surface area contributed by atoms with E-state index in [1.54, 1.807) is 0 Å². The minimum atomic E-state index is -3.67. The van der Waals surface area contributed by atoms with Crippen LogP contribution in [-0.2, 0) is 23.0 Å². The van der Waals surface area contributed by atoms with Gasteiger partial charge in [-0.25, -0.2) is 0 Å². The molecule has 4 amide bonds. The molecule has 8 rings (SSSR count). The average molecular weight is 758 g/mol. The summed E-state index contributed by atoms with van der Waals surface area (Å²) in [6, 6.07) is 28.0. The van der Waals surface area contributed by atoms with E-state index in [1.165, 1.54) is 20.9 Å². The summed E-state index contributed by atoms with van der Waals surface area (Å²) in [7, 11) is -3.67. The molecule has 2 aliphatic heterocycles. The summed E-state index contributed by atoms with van der Waals surface area (Å²) < 4.78 is 25.9. The van der Waals surface area contributed by atoms with Crippen molar-refractivity contribution in [1.29, 1.82) is 0 Å². The van der Waals surface area contributed by atoms with Gasteiger partial charge in [-0.2, -0.15) is 8.42 Å². The number of hydrogen-bond donors (Lipinski definition) is 2. The Bertz CT molecular complexity index is 2490. The van der Waals surface area contributed by atoms with Crippen LogP contribution >= 0.6 is 0 Å². The number of aryl methyl sites for hydroxylation is 2. The number of unbranched alkanes of at least 4 members (excludes halogenated alkanes) is 1. The maximum absolute atomic E-state index is 13.6. The Balaban J connectivity index is 0.000000875. The number of nitrogens with zero attached hydrogens (tertiary/aromatic N) is 2. The number of imide groups is 2. The summed E-state index contributed by atoms with van der Waals surface area (Å²) in [5.74, 6) is -0.961. The van der Waals surface area contributed by atoms with Gasteiger partial charge in [-0.3, -0.25) is 33.5 Å². The van der Waals surface area contributed by atoms with Gasteiger partial charge in [0.05, 0.1) is 6.26 Å². The highest BCUT2D eigenvalue weighted by molar-refractivity contribution is 7.85. The lowest BCUT2D eigenvalue weighted by Crippen LogP contribution is -2.41. The molecule has 55 heavy (non-hydrogen) atoms. The van der Waals surface area contributed by atoms with Crippen LogP contribution in [0.25, 0.3) is 43.1 Å². The second kappa shape index (κ2) is 15.3. The summed E-state index contributed by atoms with van der Waals surface area (Å²) in [5.41, 5.74) is 4.77. The number of carbonyl (C=O) groups is 4. The molecule has 0 atom stereocenters. The van der Waals surface area contributed by atoms with E-state index in [2.05, 4.69) is 55.6 Å². The lowest BCUT2D eigenvalue weighted by Gasteiger charge is -2.28. The van der Waals surface area contributed by atoms with Crippen molar-refractivity contribution in [2.45, 2.75) is 46.0 Å². The zero-order valence-electron chi connectivity index (χ0n) is 31.1. The number of fused-ring (bicyclic) bond motifs is 4. The highest BCUT2D eigenvalue weighted by Gasteiger charge is 2.34. The molecular weight excluding hydrogens is 715 g/mol. The first-order chi connectivity index (χ1) is 26.4. The summed E-state index contributed by atoms with van der Waals surface area (Å²) in [6.45, 7) is 6.24. The molecule has 0 aliphatic carbocycles. The van der Waals surface area contributed by atoms with E-state index in [-0.39, 0.29) is 23.6 Å². The van der Waals surface area contributed by atoms with Crippen molar-refractivity contribution in [2.24, 2.45) is 0 Å². The van der Waals surface area contributed by atoms with E-state index in [0.29, 0.717) is 67.5 Å². The molecule has 0 bridgehead atoms. The molecule has 0 radical (unpaired) electrons. The number of carbonyl (C=O) groups excluding carboxylic acids is 4. The van der Waals surface area contributed by atoms with Crippen molar-refractivity contribution in [3.05, 3.63) is 118 Å². The van der Waals surface area contributed by atoms with Gasteiger partial charge in [0.25, 0.3) is 33.7 Å². The van der Waals surface area contributed by atoms with Gasteiger partial charge in [-0.15, -0.1) is 0 Å². The molecule has 0 saturated heterocycles. The number of nitrogens with one attached hydrogen (secondary N) is 1. The van der Waals surface area contributed by atoms with Gasteiger partial charge in [0.1, 0.15) is 0 Å². The van der Waals surface area contributed by atoms with E-state index in [4.69, 9.17) is 4.55 Å². The largest absolute Gasteiger partial charge is 0.317 e. The fourth-order valence-electron chi connectivity index (χ4n) is 7.83. The first kappa shape index (κ1) is 37.8. The second-order valence-electron chi connectivity index (χ2n) is 14.2. The highest BCUT2D eigenvalue weighted by atomic mass is 32.2. The molecule has 2 heterocycles. The third-order valence-electron chi connectivity index (χ3n) is 10.5. The van der Waals surface area contributed by atoms with Gasteiger partial charge >= 0.3 is 0 Å². The molecule has 0 saturated carbocycles. The fourth-order valence-corrected chi connectivity index (χ4v) is 7.83. The van der Waals surface area contributed by atoms with Crippen LogP contribution in [0.4, 0.5) is 0 Å². The molecule has 2 aliphatic rings. The summed E-state index contributed by atoms with van der Waals surface area (Å²) in [5, 5.41) is 11.0. The van der Waals surface area contributed by atoms with Crippen molar-refractivity contribution in [2.75, 3.05) is 32.4 Å². The molecular formula is C44H43N3O7S. The second-order valence-corrected chi connectivity index (χ2v) is 15.7. The lowest BCUT2D eigenvalue weighted by atomic mass is 9.89. The van der Waals surface area contributed by atoms with Crippen LogP contribution in [0.1, 0.15) is 85.7 Å². The van der Waals surface area contributed by atoms with Crippen molar-refractivity contribution in [1.82, 2.24) is 15.1 Å². The quantitative estimate of drug-likeness (QED) is 0.0597. The van der Waals surface area contributed by atoms with Gasteiger partial charge in [-0.05, 0) is 113 Å². The smallest absolute Gasteiger partial charge is 0.261 e. The first-order valence-electron chi connectivity index (χ1n) is 18.7. The van der Waals surface area contributed by atoms with E-state index in [0.717, 1.165) is 62.4 Å². The Morgan fingerprint density at radius 3 is 1.42 bits per heavy atom. The Kier molecular flexibility index (Phi) is 10.5. The standard InChI is InChI=1S/C43H39N3O4.CH4O3S/c1-3-26-14-16-28-24-36-38-30(34(28)22-26)10-7-12-32(38)40(47)45(42(36)49)20-6-5-18-44-19-9-21-46-41(48)33-13-8-11-31-35-23-27(4-2)15-17-29(35)25-37(39(31)33)43(46)50;1-5(2,3)4/h7-8,10-17,22-25,44H,3-6,9,18-21H2,1-2H3;1H3,(H,2,3,4). The molecule has 282 valence electrons. The van der Waals surface area contributed by atoms with Crippen molar-refractivity contribution >= 4 is 76.8 Å². The average Bonchev–Trinajstić information content (AvgIpc) is 3.17. The van der Waals surface area contributed by atoms with Crippen LogP contribution in [0.15, 0.2) is 84.9 Å². The maximum atomic E-state index is 13.6. The molecule has 0 unspecified atom stereocenters. The molecule has 0 fully saturated rings. The molecule has 0 spiro atoms. The van der Waals surface area contributed by atoms with Crippen LogP contribution in [0.2, 0.25) is 0 Å². The van der Waals surface area contributed by atoms with Crippen molar-refractivity contribution in [3.63, 3.8) is 0 Å². The van der Waals surface area contributed by atoms with Gasteiger partial charge in [0, 0.05) is 46.1 Å². The Labute approximate surface area is 319 Å². The molecule has 0 aromatic heterocycles. The van der Waals surface area contributed by atoms with Crippen LogP contribution in [0.3, 0.4) is 0 Å². The SMILES string of the molecule is CCc1ccc2cc3c4c(cccc4c2c1)C(=O)N(CCCCNCCCN1C(=O)c2cccc4c2c(cc2ccc(CC)cc24)C1=O)C3=O.CS(=O)(=O)O. The molecule has 6 aromatic rings. The van der Waals surface area contributed by atoms with Gasteiger partial charge < -0.3 is 5.32 Å². The predicted octanol–water partition coefficient (Wildman–Crippen LogP) is 7.58. The number of rotatable bonds is 11. The number of benzene rings is 6. The molecule has 6 aromatic carbocycles. The highest BCUT2D eigenvalue weighted by Crippen LogP contribution is 2.37. The van der Waals surface area contributed by atoms with Crippen molar-refractivity contribution in [3.8, 4) is 0 Å². The van der Waals surface area contributed by atoms with E-state index in [9.17, 15) is 27.6 Å². The zero-order chi connectivity index (χ0) is 39.0. The van der Waals surface area contributed by atoms with Crippen LogP contribution in [0.5, 0.6) is 0 Å². The summed E-state index contributed by atoms with van der Waals surface area (Å²) >= 11 is 0. The van der Waals surface area contributed by atoms with Gasteiger partial charge in [0.2, 0.25) is 0 Å². The summed E-state index contributed by atoms with van der Waals surface area (Å²) in [4.78, 5) is 57.1. The molecule has 11 heteroatoms. The van der Waals surface area contributed by atoms with E-state index >= 15 is 0 Å². The third kappa shape index (κ3) is 7.35. The van der Waals surface area contributed by atoms with Gasteiger partial charge in [-0.1, -0.05) is 74.5 Å². The topological polar surface area (TPSA) is 141 Å². The molecule has 10 nitrogen and oxygen atoms in total. The Hall–Kier alpha value is -5.49. The Morgan fingerprint density at radius 2 is 0.964 bits per heavy atom. The number of hydrogen-bond acceptors (Lipinski definition) is 7. The third-order valence-corrected chi connectivity index (χ3v) is 10.5. The minimum Gasteiger partial charge on any atom is -0.317 e.